The molecule has 0 radical (unpaired) electrons. The Morgan fingerprint density at radius 2 is 2.06 bits per heavy atom. The zero-order valence-corrected chi connectivity index (χ0v) is 9.60. The molecule has 0 spiro atoms. The van der Waals surface area contributed by atoms with Crippen molar-refractivity contribution in [3.63, 3.8) is 0 Å². The molecule has 0 fully saturated rings. The van der Waals surface area contributed by atoms with Crippen LogP contribution in [0.4, 0.5) is 0 Å². The predicted molar refractivity (Wildman–Crippen MR) is 62.9 cm³/mol. The monoisotopic (exact) mass is 216 g/mol. The van der Waals surface area contributed by atoms with E-state index in [1.165, 1.54) is 11.1 Å². The van der Waals surface area contributed by atoms with E-state index < -0.39 is 0 Å². The van der Waals surface area contributed by atoms with Gasteiger partial charge in [0.05, 0.1) is 12.8 Å². The van der Waals surface area contributed by atoms with Crippen molar-refractivity contribution in [3.05, 3.63) is 53.7 Å². The van der Waals surface area contributed by atoms with Crippen LogP contribution in [-0.2, 0) is 6.54 Å². The molecule has 0 aliphatic rings. The summed E-state index contributed by atoms with van der Waals surface area (Å²) in [5.74, 6) is 1.00. The summed E-state index contributed by atoms with van der Waals surface area (Å²) < 4.78 is 5.38. The van der Waals surface area contributed by atoms with Crippen LogP contribution in [-0.4, -0.2) is 4.98 Å². The average molecular weight is 216 g/mol. The first-order chi connectivity index (χ1) is 7.77. The van der Waals surface area contributed by atoms with E-state index in [0.29, 0.717) is 6.04 Å². The number of aryl methyl sites for hydroxylation is 1. The molecular formula is C13H16N2O. The third kappa shape index (κ3) is 2.49. The van der Waals surface area contributed by atoms with Crippen molar-refractivity contribution in [1.29, 1.82) is 0 Å². The van der Waals surface area contributed by atoms with E-state index in [-0.39, 0.29) is 0 Å². The molecule has 2 aromatic rings. The van der Waals surface area contributed by atoms with Crippen molar-refractivity contribution < 1.29 is 4.42 Å². The van der Waals surface area contributed by atoms with Crippen LogP contribution in [0.25, 0.3) is 0 Å². The molecule has 0 aromatic carbocycles. The predicted octanol–water partition coefficient (Wildman–Crippen LogP) is 2.83. The quantitative estimate of drug-likeness (QED) is 0.854. The maximum absolute atomic E-state index is 5.38. The molecule has 2 aromatic heterocycles. The van der Waals surface area contributed by atoms with Crippen molar-refractivity contribution >= 4 is 0 Å². The molecule has 0 saturated carbocycles. The van der Waals surface area contributed by atoms with E-state index in [1.54, 1.807) is 6.26 Å². The fraction of sp³-hybridized carbons (Fsp3) is 0.308. The molecule has 2 heterocycles. The number of rotatable bonds is 4. The lowest BCUT2D eigenvalue weighted by Crippen LogP contribution is -2.18. The van der Waals surface area contributed by atoms with Gasteiger partial charge in [0.1, 0.15) is 5.76 Å². The smallest absolute Gasteiger partial charge is 0.120 e. The highest BCUT2D eigenvalue weighted by Gasteiger charge is 2.06. The van der Waals surface area contributed by atoms with Gasteiger partial charge in [-0.1, -0.05) is 0 Å². The minimum atomic E-state index is 0.299. The molecule has 1 unspecified atom stereocenters. The SMILES string of the molecule is Cc1ccoc1CNC(C)c1ccncc1. The highest BCUT2D eigenvalue weighted by atomic mass is 16.3. The second-order valence-electron chi connectivity index (χ2n) is 3.91. The number of pyridine rings is 1. The summed E-state index contributed by atoms with van der Waals surface area (Å²) in [5, 5.41) is 3.42. The molecule has 1 atom stereocenters. The van der Waals surface area contributed by atoms with Crippen LogP contribution in [0.2, 0.25) is 0 Å². The maximum Gasteiger partial charge on any atom is 0.120 e. The van der Waals surface area contributed by atoms with Gasteiger partial charge in [0.25, 0.3) is 0 Å². The second kappa shape index (κ2) is 4.94. The molecular weight excluding hydrogens is 200 g/mol. The summed E-state index contributed by atoms with van der Waals surface area (Å²) in [7, 11) is 0. The lowest BCUT2D eigenvalue weighted by Gasteiger charge is -2.13. The average Bonchev–Trinajstić information content (AvgIpc) is 2.73. The van der Waals surface area contributed by atoms with Gasteiger partial charge >= 0.3 is 0 Å². The van der Waals surface area contributed by atoms with Crippen molar-refractivity contribution in [2.45, 2.75) is 26.4 Å². The lowest BCUT2D eigenvalue weighted by molar-refractivity contribution is 0.458. The largest absolute Gasteiger partial charge is 0.468 e. The maximum atomic E-state index is 5.38. The van der Waals surface area contributed by atoms with Gasteiger partial charge in [-0.2, -0.15) is 0 Å². The Labute approximate surface area is 95.5 Å². The molecule has 3 nitrogen and oxygen atoms in total. The summed E-state index contributed by atoms with van der Waals surface area (Å²) in [6, 6.07) is 6.32. The second-order valence-corrected chi connectivity index (χ2v) is 3.91. The number of hydrogen-bond donors (Lipinski definition) is 1. The van der Waals surface area contributed by atoms with Crippen LogP contribution in [0.3, 0.4) is 0 Å². The highest BCUT2D eigenvalue weighted by molar-refractivity contribution is 5.16. The summed E-state index contributed by atoms with van der Waals surface area (Å²) in [4.78, 5) is 4.01. The van der Waals surface area contributed by atoms with Crippen LogP contribution in [0.15, 0.2) is 41.3 Å². The van der Waals surface area contributed by atoms with E-state index >= 15 is 0 Å². The molecule has 0 aliphatic carbocycles. The number of aromatic nitrogens is 1. The molecule has 1 N–H and O–H groups in total. The van der Waals surface area contributed by atoms with Crippen LogP contribution in [0.5, 0.6) is 0 Å². The molecule has 0 saturated heterocycles. The zero-order chi connectivity index (χ0) is 11.4. The van der Waals surface area contributed by atoms with Gasteiger partial charge < -0.3 is 9.73 Å². The first kappa shape index (κ1) is 10.9. The molecule has 0 aliphatic heterocycles. The van der Waals surface area contributed by atoms with Gasteiger partial charge in [0.2, 0.25) is 0 Å². The number of furan rings is 1. The standard InChI is InChI=1S/C13H16N2O/c1-10-5-8-16-13(10)9-15-11(2)12-3-6-14-7-4-12/h3-8,11,15H,9H2,1-2H3. The van der Waals surface area contributed by atoms with E-state index in [4.69, 9.17) is 4.42 Å². The van der Waals surface area contributed by atoms with Crippen LogP contribution >= 0.6 is 0 Å². The Morgan fingerprint density at radius 3 is 2.69 bits per heavy atom. The Kier molecular flexibility index (Phi) is 3.37. The molecule has 84 valence electrons. The van der Waals surface area contributed by atoms with Crippen molar-refractivity contribution in [3.8, 4) is 0 Å². The minimum Gasteiger partial charge on any atom is -0.468 e. The van der Waals surface area contributed by atoms with Crippen molar-refractivity contribution in [2.75, 3.05) is 0 Å². The molecule has 16 heavy (non-hydrogen) atoms. The molecule has 0 amide bonds. The van der Waals surface area contributed by atoms with Gasteiger partial charge in [-0.15, -0.1) is 0 Å². The van der Waals surface area contributed by atoms with E-state index in [0.717, 1.165) is 12.3 Å². The van der Waals surface area contributed by atoms with Gasteiger partial charge in [0.15, 0.2) is 0 Å². The third-order valence-electron chi connectivity index (χ3n) is 2.74. The summed E-state index contributed by atoms with van der Waals surface area (Å²) in [5.41, 5.74) is 2.42. The lowest BCUT2D eigenvalue weighted by atomic mass is 10.1. The van der Waals surface area contributed by atoms with Gasteiger partial charge in [-0.25, -0.2) is 0 Å². The summed E-state index contributed by atoms with van der Waals surface area (Å²) in [6.07, 6.45) is 5.35. The first-order valence-electron chi connectivity index (χ1n) is 5.43. The van der Waals surface area contributed by atoms with Crippen molar-refractivity contribution in [2.24, 2.45) is 0 Å². The Hall–Kier alpha value is -1.61. The minimum absolute atomic E-state index is 0.299. The van der Waals surface area contributed by atoms with E-state index in [1.807, 2.05) is 30.6 Å². The summed E-state index contributed by atoms with van der Waals surface area (Å²) >= 11 is 0. The van der Waals surface area contributed by atoms with Crippen LogP contribution in [0.1, 0.15) is 29.9 Å². The number of nitrogens with one attached hydrogen (secondary N) is 1. The fourth-order valence-corrected chi connectivity index (χ4v) is 1.60. The highest BCUT2D eigenvalue weighted by Crippen LogP contribution is 2.13. The molecule has 3 heteroatoms. The summed E-state index contributed by atoms with van der Waals surface area (Å²) in [6.45, 7) is 4.94. The van der Waals surface area contributed by atoms with Gasteiger partial charge in [-0.05, 0) is 43.2 Å². The zero-order valence-electron chi connectivity index (χ0n) is 9.60. The molecule has 0 bridgehead atoms. The molecule has 2 rings (SSSR count). The van der Waals surface area contributed by atoms with E-state index in [9.17, 15) is 0 Å². The number of nitrogens with zero attached hydrogens (tertiary/aromatic N) is 1. The normalized spacial score (nSPS) is 12.6. The Balaban J connectivity index is 1.94. The van der Waals surface area contributed by atoms with Crippen LogP contribution in [0, 0.1) is 6.92 Å². The first-order valence-corrected chi connectivity index (χ1v) is 5.43. The fourth-order valence-electron chi connectivity index (χ4n) is 1.60. The topological polar surface area (TPSA) is 38.1 Å². The van der Waals surface area contributed by atoms with Crippen LogP contribution < -0.4 is 5.32 Å². The third-order valence-corrected chi connectivity index (χ3v) is 2.74. The van der Waals surface area contributed by atoms with E-state index in [2.05, 4.69) is 24.1 Å². The Morgan fingerprint density at radius 1 is 1.31 bits per heavy atom. The van der Waals surface area contributed by atoms with Gasteiger partial charge in [0, 0.05) is 18.4 Å². The van der Waals surface area contributed by atoms with Crippen molar-refractivity contribution in [1.82, 2.24) is 10.3 Å². The number of hydrogen-bond acceptors (Lipinski definition) is 3. The van der Waals surface area contributed by atoms with Gasteiger partial charge in [-0.3, -0.25) is 4.98 Å². The Bertz CT molecular complexity index is 436.